The van der Waals surface area contributed by atoms with Crippen LogP contribution in [0.4, 0.5) is 22.0 Å². The zero-order chi connectivity index (χ0) is 24.8. The van der Waals surface area contributed by atoms with Crippen LogP contribution in [0.5, 0.6) is 0 Å². The Bertz CT molecular complexity index is 951. The third-order valence-corrected chi connectivity index (χ3v) is 5.31. The standard InChI is InChI=1S/C20H22F2N2O2.C2HF3O2/c21-16-2-1-3-17(22)18(16)20(26)9-12-24(13-10-20)11-8-14-4-6-15(7-5-14)19(23)25;3-2(4,5)1(6)7/h1-7,26H,8-13H2,(H2,23,25);(H,6,7). The molecule has 33 heavy (non-hydrogen) atoms. The van der Waals surface area contributed by atoms with Crippen LogP contribution in [-0.2, 0) is 16.8 Å². The number of halogens is 5. The zero-order valence-corrected chi connectivity index (χ0v) is 17.4. The van der Waals surface area contributed by atoms with Crippen LogP contribution in [0.25, 0.3) is 0 Å². The lowest BCUT2D eigenvalue weighted by Gasteiger charge is -2.38. The second-order valence-corrected chi connectivity index (χ2v) is 7.58. The smallest absolute Gasteiger partial charge is 0.475 e. The lowest BCUT2D eigenvalue weighted by atomic mass is 9.83. The molecule has 1 amide bonds. The Kier molecular flexibility index (Phi) is 8.51. The number of hydrogen-bond donors (Lipinski definition) is 3. The zero-order valence-electron chi connectivity index (χ0n) is 17.4. The van der Waals surface area contributed by atoms with Gasteiger partial charge in [-0.15, -0.1) is 0 Å². The fraction of sp³-hybridized carbons (Fsp3) is 0.364. The van der Waals surface area contributed by atoms with Gasteiger partial charge in [0.15, 0.2) is 0 Å². The van der Waals surface area contributed by atoms with Crippen LogP contribution in [0, 0.1) is 11.6 Å². The highest BCUT2D eigenvalue weighted by Crippen LogP contribution is 2.35. The lowest BCUT2D eigenvalue weighted by molar-refractivity contribution is -0.192. The van der Waals surface area contributed by atoms with Crippen LogP contribution in [-0.4, -0.2) is 52.8 Å². The number of aliphatic hydroxyl groups is 1. The average Bonchev–Trinajstić information content (AvgIpc) is 2.73. The Hall–Kier alpha value is -3.05. The van der Waals surface area contributed by atoms with Gasteiger partial charge in [0.25, 0.3) is 0 Å². The van der Waals surface area contributed by atoms with Gasteiger partial charge in [0.05, 0.1) is 11.2 Å². The molecule has 6 nitrogen and oxygen atoms in total. The minimum absolute atomic E-state index is 0.221. The van der Waals surface area contributed by atoms with E-state index in [0.717, 1.165) is 18.5 Å². The predicted octanol–water partition coefficient (Wildman–Crippen LogP) is 3.22. The predicted molar refractivity (Wildman–Crippen MR) is 108 cm³/mol. The summed E-state index contributed by atoms with van der Waals surface area (Å²) in [7, 11) is 0. The van der Waals surface area contributed by atoms with Crippen molar-refractivity contribution in [1.82, 2.24) is 4.90 Å². The van der Waals surface area contributed by atoms with Crippen LogP contribution in [0.1, 0.15) is 34.3 Å². The Labute approximate surface area is 186 Å². The average molecular weight is 474 g/mol. The molecule has 0 aromatic heterocycles. The third kappa shape index (κ3) is 7.22. The molecule has 0 atom stereocenters. The van der Waals surface area contributed by atoms with Crippen LogP contribution in [0.2, 0.25) is 0 Å². The molecule has 180 valence electrons. The Morgan fingerprint density at radius 1 is 1.00 bits per heavy atom. The summed E-state index contributed by atoms with van der Waals surface area (Å²) >= 11 is 0. The quantitative estimate of drug-likeness (QED) is 0.578. The summed E-state index contributed by atoms with van der Waals surface area (Å²) < 4.78 is 59.7. The number of alkyl halides is 3. The molecule has 2 aromatic rings. The van der Waals surface area contributed by atoms with Gasteiger partial charge in [-0.1, -0.05) is 18.2 Å². The van der Waals surface area contributed by atoms with E-state index in [1.54, 1.807) is 12.1 Å². The minimum atomic E-state index is -5.08. The monoisotopic (exact) mass is 474 g/mol. The van der Waals surface area contributed by atoms with E-state index in [0.29, 0.717) is 18.7 Å². The Morgan fingerprint density at radius 2 is 1.48 bits per heavy atom. The molecule has 1 saturated heterocycles. The molecule has 1 heterocycles. The van der Waals surface area contributed by atoms with Gasteiger partial charge in [0.2, 0.25) is 5.91 Å². The van der Waals surface area contributed by atoms with Crippen LogP contribution in [0.15, 0.2) is 42.5 Å². The highest BCUT2D eigenvalue weighted by atomic mass is 19.4. The first-order valence-electron chi connectivity index (χ1n) is 9.91. The first kappa shape index (κ1) is 26.2. The maximum absolute atomic E-state index is 14.0. The van der Waals surface area contributed by atoms with Crippen LogP contribution < -0.4 is 5.73 Å². The number of primary amides is 1. The number of carboxylic acids is 1. The van der Waals surface area contributed by atoms with Gasteiger partial charge in [-0.3, -0.25) is 4.79 Å². The molecule has 1 aliphatic rings. The molecule has 1 fully saturated rings. The number of carbonyl (C=O) groups excluding carboxylic acids is 1. The molecule has 4 N–H and O–H groups in total. The van der Waals surface area contributed by atoms with Gasteiger partial charge in [0, 0.05) is 25.2 Å². The number of likely N-dealkylation sites (tertiary alicyclic amines) is 1. The molecule has 0 aliphatic carbocycles. The van der Waals surface area contributed by atoms with Crippen molar-refractivity contribution >= 4 is 11.9 Å². The highest BCUT2D eigenvalue weighted by Gasteiger charge is 2.39. The van der Waals surface area contributed by atoms with Crippen molar-refractivity contribution in [2.24, 2.45) is 5.73 Å². The molecular formula is C22H23F5N2O4. The molecule has 2 aromatic carbocycles. The third-order valence-electron chi connectivity index (χ3n) is 5.31. The number of carbonyl (C=O) groups is 2. The van der Waals surface area contributed by atoms with E-state index in [1.165, 1.54) is 18.2 Å². The molecule has 0 unspecified atom stereocenters. The van der Waals surface area contributed by atoms with E-state index in [4.69, 9.17) is 15.6 Å². The van der Waals surface area contributed by atoms with Crippen molar-refractivity contribution in [3.05, 3.63) is 70.8 Å². The van der Waals surface area contributed by atoms with E-state index < -0.39 is 35.3 Å². The molecule has 0 bridgehead atoms. The number of nitrogens with two attached hydrogens (primary N) is 1. The summed E-state index contributed by atoms with van der Waals surface area (Å²) in [5.41, 5.74) is 5.10. The minimum Gasteiger partial charge on any atom is -0.475 e. The summed E-state index contributed by atoms with van der Waals surface area (Å²) in [6.07, 6.45) is -3.73. The van der Waals surface area contributed by atoms with E-state index in [9.17, 15) is 31.9 Å². The van der Waals surface area contributed by atoms with Crippen molar-refractivity contribution in [2.75, 3.05) is 19.6 Å². The SMILES string of the molecule is NC(=O)c1ccc(CCN2CCC(O)(c3c(F)cccc3F)CC2)cc1.O=C(O)C(F)(F)F. The Morgan fingerprint density at radius 3 is 1.91 bits per heavy atom. The number of nitrogens with zero attached hydrogens (tertiary/aromatic N) is 1. The number of rotatable bonds is 5. The topological polar surface area (TPSA) is 104 Å². The van der Waals surface area contributed by atoms with Gasteiger partial charge >= 0.3 is 12.1 Å². The summed E-state index contributed by atoms with van der Waals surface area (Å²) in [6, 6.07) is 10.8. The van der Waals surface area contributed by atoms with E-state index in [2.05, 4.69) is 4.90 Å². The molecule has 11 heteroatoms. The van der Waals surface area contributed by atoms with Crippen LogP contribution >= 0.6 is 0 Å². The fourth-order valence-corrected chi connectivity index (χ4v) is 3.46. The van der Waals surface area contributed by atoms with Gasteiger partial charge < -0.3 is 20.8 Å². The van der Waals surface area contributed by atoms with Gasteiger partial charge in [-0.2, -0.15) is 13.2 Å². The number of piperidine rings is 1. The van der Waals surface area contributed by atoms with Crippen molar-refractivity contribution in [2.45, 2.75) is 31.0 Å². The molecule has 0 saturated carbocycles. The normalized spacial score (nSPS) is 15.9. The van der Waals surface area contributed by atoms with E-state index in [1.807, 2.05) is 12.1 Å². The number of aliphatic carboxylic acids is 1. The summed E-state index contributed by atoms with van der Waals surface area (Å²) in [5, 5.41) is 17.9. The lowest BCUT2D eigenvalue weighted by Crippen LogP contribution is -2.44. The van der Waals surface area contributed by atoms with Crippen molar-refractivity contribution in [3.63, 3.8) is 0 Å². The van der Waals surface area contributed by atoms with Crippen molar-refractivity contribution in [1.29, 1.82) is 0 Å². The van der Waals surface area contributed by atoms with Crippen molar-refractivity contribution < 1.29 is 41.8 Å². The molecule has 0 radical (unpaired) electrons. The maximum atomic E-state index is 14.0. The fourth-order valence-electron chi connectivity index (χ4n) is 3.46. The van der Waals surface area contributed by atoms with Gasteiger partial charge in [-0.25, -0.2) is 13.6 Å². The molecule has 0 spiro atoms. The summed E-state index contributed by atoms with van der Waals surface area (Å²) in [5.74, 6) is -4.61. The number of carboxylic acid groups (broad SMARTS) is 1. The Balaban J connectivity index is 0.000000479. The first-order chi connectivity index (χ1) is 15.3. The molecule has 1 aliphatic heterocycles. The van der Waals surface area contributed by atoms with E-state index >= 15 is 0 Å². The van der Waals surface area contributed by atoms with Gasteiger partial charge in [0.1, 0.15) is 11.6 Å². The number of amides is 1. The highest BCUT2D eigenvalue weighted by molar-refractivity contribution is 5.92. The summed E-state index contributed by atoms with van der Waals surface area (Å²) in [6.45, 7) is 1.89. The van der Waals surface area contributed by atoms with E-state index in [-0.39, 0.29) is 18.4 Å². The molecular weight excluding hydrogens is 451 g/mol. The maximum Gasteiger partial charge on any atom is 0.490 e. The van der Waals surface area contributed by atoms with Crippen LogP contribution in [0.3, 0.4) is 0 Å². The molecule has 3 rings (SSSR count). The first-order valence-corrected chi connectivity index (χ1v) is 9.91. The summed E-state index contributed by atoms with van der Waals surface area (Å²) in [4.78, 5) is 22.1. The number of benzene rings is 2. The number of hydrogen-bond acceptors (Lipinski definition) is 4. The largest absolute Gasteiger partial charge is 0.490 e. The van der Waals surface area contributed by atoms with Crippen molar-refractivity contribution in [3.8, 4) is 0 Å². The second kappa shape index (κ2) is 10.7. The van der Waals surface area contributed by atoms with Gasteiger partial charge in [-0.05, 0) is 49.1 Å². The second-order valence-electron chi connectivity index (χ2n) is 7.58.